The van der Waals surface area contributed by atoms with Crippen molar-refractivity contribution in [3.05, 3.63) is 48.0 Å². The maximum absolute atomic E-state index is 3.57. The van der Waals surface area contributed by atoms with Gasteiger partial charge >= 0.3 is 0 Å². The Balaban J connectivity index is 1.66. The Kier molecular flexibility index (Phi) is 3.10. The van der Waals surface area contributed by atoms with E-state index in [0.29, 0.717) is 0 Å². The fraction of sp³-hybridized carbons (Fsp3) is 0.375. The third kappa shape index (κ3) is 2.67. The third-order valence-corrected chi connectivity index (χ3v) is 3.51. The minimum atomic E-state index is 0.836. The molecule has 1 N–H and O–H groups in total. The van der Waals surface area contributed by atoms with Crippen molar-refractivity contribution in [2.45, 2.75) is 31.7 Å². The Morgan fingerprint density at radius 1 is 1.00 bits per heavy atom. The molecular weight excluding hydrogens is 206 g/mol. The van der Waals surface area contributed by atoms with Crippen molar-refractivity contribution in [1.82, 2.24) is 5.32 Å². The SMILES string of the molecule is c1ccc2c(CCCNC3CC3)cccc2c1. The molecule has 3 rings (SSSR count). The predicted molar refractivity (Wildman–Crippen MR) is 73.3 cm³/mol. The summed E-state index contributed by atoms with van der Waals surface area (Å²) in [6.07, 6.45) is 5.19. The molecule has 1 nitrogen and oxygen atoms in total. The number of benzene rings is 2. The summed E-state index contributed by atoms with van der Waals surface area (Å²) in [4.78, 5) is 0. The van der Waals surface area contributed by atoms with Crippen molar-refractivity contribution < 1.29 is 0 Å². The molecule has 1 fully saturated rings. The van der Waals surface area contributed by atoms with Crippen molar-refractivity contribution in [1.29, 1.82) is 0 Å². The van der Waals surface area contributed by atoms with Crippen LogP contribution < -0.4 is 5.32 Å². The zero-order chi connectivity index (χ0) is 11.5. The van der Waals surface area contributed by atoms with Crippen LogP contribution in [0.2, 0.25) is 0 Å². The van der Waals surface area contributed by atoms with Gasteiger partial charge in [-0.3, -0.25) is 0 Å². The maximum Gasteiger partial charge on any atom is 0.00682 e. The van der Waals surface area contributed by atoms with Crippen molar-refractivity contribution in [2.24, 2.45) is 0 Å². The monoisotopic (exact) mass is 225 g/mol. The van der Waals surface area contributed by atoms with E-state index in [9.17, 15) is 0 Å². The van der Waals surface area contributed by atoms with E-state index in [4.69, 9.17) is 0 Å². The minimum Gasteiger partial charge on any atom is -0.314 e. The second kappa shape index (κ2) is 4.89. The molecule has 1 heteroatoms. The van der Waals surface area contributed by atoms with Crippen molar-refractivity contribution in [2.75, 3.05) is 6.54 Å². The van der Waals surface area contributed by atoms with Crippen LogP contribution in [0.15, 0.2) is 42.5 Å². The molecule has 0 spiro atoms. The summed E-state index contributed by atoms with van der Waals surface area (Å²) in [5.74, 6) is 0. The normalized spacial score (nSPS) is 15.3. The lowest BCUT2D eigenvalue weighted by Crippen LogP contribution is -2.17. The molecule has 0 atom stereocenters. The summed E-state index contributed by atoms with van der Waals surface area (Å²) < 4.78 is 0. The largest absolute Gasteiger partial charge is 0.314 e. The molecule has 17 heavy (non-hydrogen) atoms. The second-order valence-electron chi connectivity index (χ2n) is 4.97. The molecule has 0 bridgehead atoms. The number of nitrogens with one attached hydrogen (secondary N) is 1. The van der Waals surface area contributed by atoms with Gasteiger partial charge in [0.25, 0.3) is 0 Å². The van der Waals surface area contributed by atoms with E-state index in [1.807, 2.05) is 0 Å². The zero-order valence-electron chi connectivity index (χ0n) is 10.2. The first-order valence-corrected chi connectivity index (χ1v) is 6.63. The van der Waals surface area contributed by atoms with Crippen LogP contribution in [0.3, 0.4) is 0 Å². The molecule has 88 valence electrons. The van der Waals surface area contributed by atoms with Crippen LogP contribution in [0.1, 0.15) is 24.8 Å². The number of fused-ring (bicyclic) bond motifs is 1. The topological polar surface area (TPSA) is 12.0 Å². The molecule has 0 radical (unpaired) electrons. The molecule has 1 aliphatic rings. The molecule has 2 aromatic rings. The molecule has 2 aromatic carbocycles. The predicted octanol–water partition coefficient (Wildman–Crippen LogP) is 3.52. The smallest absolute Gasteiger partial charge is 0.00682 e. The summed E-state index contributed by atoms with van der Waals surface area (Å²) in [7, 11) is 0. The first-order chi connectivity index (χ1) is 8.43. The number of rotatable bonds is 5. The fourth-order valence-electron chi connectivity index (χ4n) is 2.38. The highest BCUT2D eigenvalue weighted by molar-refractivity contribution is 5.85. The molecule has 1 aliphatic carbocycles. The first kappa shape index (κ1) is 10.8. The van der Waals surface area contributed by atoms with Gasteiger partial charge in [-0.15, -0.1) is 0 Å². The van der Waals surface area contributed by atoms with Crippen LogP contribution in [-0.2, 0) is 6.42 Å². The lowest BCUT2D eigenvalue weighted by atomic mass is 10.0. The van der Waals surface area contributed by atoms with E-state index in [2.05, 4.69) is 47.8 Å². The lowest BCUT2D eigenvalue weighted by Gasteiger charge is -2.07. The standard InChI is InChI=1S/C16H19N/c1-2-9-16-13(5-1)6-3-7-14(16)8-4-12-17-15-10-11-15/h1-3,5-7,9,15,17H,4,8,10-12H2. The Hall–Kier alpha value is -1.34. The van der Waals surface area contributed by atoms with Crippen LogP contribution in [-0.4, -0.2) is 12.6 Å². The maximum atomic E-state index is 3.57. The van der Waals surface area contributed by atoms with Crippen LogP contribution >= 0.6 is 0 Å². The van der Waals surface area contributed by atoms with Gasteiger partial charge in [0.1, 0.15) is 0 Å². The Labute approximate surface area is 103 Å². The van der Waals surface area contributed by atoms with Crippen LogP contribution in [0.25, 0.3) is 10.8 Å². The summed E-state index contributed by atoms with van der Waals surface area (Å²) in [5, 5.41) is 6.35. The first-order valence-electron chi connectivity index (χ1n) is 6.63. The molecule has 0 unspecified atom stereocenters. The molecule has 0 saturated heterocycles. The van der Waals surface area contributed by atoms with Gasteiger partial charge in [-0.2, -0.15) is 0 Å². The van der Waals surface area contributed by atoms with Gasteiger partial charge in [-0.1, -0.05) is 42.5 Å². The van der Waals surface area contributed by atoms with Crippen molar-refractivity contribution >= 4 is 10.8 Å². The van der Waals surface area contributed by atoms with Crippen LogP contribution in [0.5, 0.6) is 0 Å². The van der Waals surface area contributed by atoms with Gasteiger partial charge in [-0.05, 0) is 48.6 Å². The number of hydrogen-bond donors (Lipinski definition) is 1. The summed E-state index contributed by atoms with van der Waals surface area (Å²) >= 11 is 0. The quantitative estimate of drug-likeness (QED) is 0.768. The van der Waals surface area contributed by atoms with E-state index in [1.165, 1.54) is 42.0 Å². The van der Waals surface area contributed by atoms with Crippen molar-refractivity contribution in [3.8, 4) is 0 Å². The highest BCUT2D eigenvalue weighted by Gasteiger charge is 2.19. The van der Waals surface area contributed by atoms with E-state index < -0.39 is 0 Å². The molecule has 0 aliphatic heterocycles. The average molecular weight is 225 g/mol. The Morgan fingerprint density at radius 2 is 1.82 bits per heavy atom. The fourth-order valence-corrected chi connectivity index (χ4v) is 2.38. The molecular formula is C16H19N. The summed E-state index contributed by atoms with van der Waals surface area (Å²) in [6.45, 7) is 1.16. The van der Waals surface area contributed by atoms with E-state index in [-0.39, 0.29) is 0 Å². The van der Waals surface area contributed by atoms with Crippen LogP contribution in [0, 0.1) is 0 Å². The van der Waals surface area contributed by atoms with E-state index >= 15 is 0 Å². The van der Waals surface area contributed by atoms with Gasteiger partial charge in [0.15, 0.2) is 0 Å². The van der Waals surface area contributed by atoms with E-state index in [0.717, 1.165) is 12.6 Å². The number of aryl methyl sites for hydroxylation is 1. The van der Waals surface area contributed by atoms with Gasteiger partial charge in [-0.25, -0.2) is 0 Å². The zero-order valence-corrected chi connectivity index (χ0v) is 10.2. The Morgan fingerprint density at radius 3 is 2.71 bits per heavy atom. The van der Waals surface area contributed by atoms with Gasteiger partial charge < -0.3 is 5.32 Å². The highest BCUT2D eigenvalue weighted by Crippen LogP contribution is 2.20. The van der Waals surface area contributed by atoms with E-state index in [1.54, 1.807) is 0 Å². The summed E-state index contributed by atoms with van der Waals surface area (Å²) in [6, 6.07) is 16.1. The Bertz CT molecular complexity index is 494. The highest BCUT2D eigenvalue weighted by atomic mass is 14.9. The molecule has 0 amide bonds. The lowest BCUT2D eigenvalue weighted by molar-refractivity contribution is 0.646. The minimum absolute atomic E-state index is 0.836. The molecule has 0 aromatic heterocycles. The van der Waals surface area contributed by atoms with Gasteiger partial charge in [0, 0.05) is 6.04 Å². The molecule has 0 heterocycles. The van der Waals surface area contributed by atoms with Crippen molar-refractivity contribution in [3.63, 3.8) is 0 Å². The second-order valence-corrected chi connectivity index (χ2v) is 4.97. The van der Waals surface area contributed by atoms with Gasteiger partial charge in [0.2, 0.25) is 0 Å². The third-order valence-electron chi connectivity index (χ3n) is 3.51. The summed E-state index contributed by atoms with van der Waals surface area (Å²) in [5.41, 5.74) is 1.49. The van der Waals surface area contributed by atoms with Gasteiger partial charge in [0.05, 0.1) is 0 Å². The van der Waals surface area contributed by atoms with Crippen LogP contribution in [0.4, 0.5) is 0 Å². The molecule has 1 saturated carbocycles. The number of hydrogen-bond acceptors (Lipinski definition) is 1. The average Bonchev–Trinajstić information content (AvgIpc) is 3.19.